The van der Waals surface area contributed by atoms with Crippen molar-refractivity contribution in [3.63, 3.8) is 0 Å². The van der Waals surface area contributed by atoms with E-state index in [9.17, 15) is 4.79 Å². The summed E-state index contributed by atoms with van der Waals surface area (Å²) in [6.07, 6.45) is 8.47. The molecule has 5 rings (SSSR count). The van der Waals surface area contributed by atoms with Gasteiger partial charge in [0.15, 0.2) is 11.4 Å². The molecule has 0 amide bonds. The minimum absolute atomic E-state index is 0.234. The Morgan fingerprint density at radius 1 is 1.20 bits per heavy atom. The van der Waals surface area contributed by atoms with Gasteiger partial charge in [0.05, 0.1) is 23.0 Å². The van der Waals surface area contributed by atoms with Crippen molar-refractivity contribution >= 4 is 32.7 Å². The molecule has 5 nitrogen and oxygen atoms in total. The monoisotopic (exact) mass is 396 g/mol. The lowest BCUT2D eigenvalue weighted by atomic mass is 9.95. The van der Waals surface area contributed by atoms with E-state index in [-0.39, 0.29) is 11.7 Å². The van der Waals surface area contributed by atoms with Gasteiger partial charge in [-0.15, -0.1) is 0 Å². The Morgan fingerprint density at radius 3 is 2.88 bits per heavy atom. The predicted octanol–water partition coefficient (Wildman–Crippen LogP) is 3.96. The van der Waals surface area contributed by atoms with Crippen molar-refractivity contribution in [1.29, 1.82) is 0 Å². The van der Waals surface area contributed by atoms with Crippen LogP contribution < -0.4 is 0 Å². The van der Waals surface area contributed by atoms with E-state index in [2.05, 4.69) is 36.6 Å². The molecule has 0 aliphatic heterocycles. The topological polar surface area (TPSA) is 60.7 Å². The molecule has 0 bridgehead atoms. The summed E-state index contributed by atoms with van der Waals surface area (Å²) < 4.78 is 3.09. The zero-order valence-corrected chi connectivity index (χ0v) is 15.2. The minimum Gasteiger partial charge on any atom is -0.298 e. The van der Waals surface area contributed by atoms with E-state index in [0.29, 0.717) is 18.1 Å². The van der Waals surface area contributed by atoms with Crippen LogP contribution in [-0.4, -0.2) is 25.5 Å². The molecule has 1 atom stereocenters. The van der Waals surface area contributed by atoms with E-state index in [1.165, 1.54) is 19.2 Å². The van der Waals surface area contributed by atoms with E-state index in [1.54, 1.807) is 6.20 Å². The molecule has 0 spiro atoms. The molecule has 2 aliphatic rings. The fourth-order valence-electron chi connectivity index (χ4n) is 4.34. The zero-order valence-electron chi connectivity index (χ0n) is 13.7. The number of carbonyl (C=O) groups is 1. The Bertz CT molecular complexity index is 990. The number of fused-ring (bicyclic) bond motifs is 2. The largest absolute Gasteiger partial charge is 0.298 e. The molecule has 1 unspecified atom stereocenters. The number of nitrogens with zero attached hydrogens (tertiary/aromatic N) is 4. The van der Waals surface area contributed by atoms with Crippen LogP contribution in [0, 0.1) is 0 Å². The average molecular weight is 397 g/mol. The second-order valence-corrected chi connectivity index (χ2v) is 7.86. The average Bonchev–Trinajstić information content (AvgIpc) is 3.31. The lowest BCUT2D eigenvalue weighted by Crippen LogP contribution is -2.17. The standard InChI is InChI=1S/C19H17BrN4O/c20-12-6-5-11-7-16(25)17(14(11)8-12)18-15-9-21-10-22-19(15)23-24(18)13-3-1-2-4-13/h5-6,8-10,13,17H,1-4,7H2. The Hall–Kier alpha value is -2.08. The quantitative estimate of drug-likeness (QED) is 0.657. The summed E-state index contributed by atoms with van der Waals surface area (Å²) in [5, 5.41) is 5.67. The van der Waals surface area contributed by atoms with Crippen molar-refractivity contribution in [2.75, 3.05) is 0 Å². The predicted molar refractivity (Wildman–Crippen MR) is 97.5 cm³/mol. The summed E-state index contributed by atoms with van der Waals surface area (Å²) in [6.45, 7) is 0. The van der Waals surface area contributed by atoms with Crippen molar-refractivity contribution in [3.05, 3.63) is 52.0 Å². The molecule has 2 heterocycles. The van der Waals surface area contributed by atoms with Gasteiger partial charge < -0.3 is 0 Å². The Labute approximate surface area is 153 Å². The highest BCUT2D eigenvalue weighted by molar-refractivity contribution is 9.10. The van der Waals surface area contributed by atoms with Gasteiger partial charge in [0.2, 0.25) is 0 Å². The molecule has 0 saturated heterocycles. The molecule has 2 aliphatic carbocycles. The van der Waals surface area contributed by atoms with Crippen molar-refractivity contribution in [3.8, 4) is 0 Å². The first kappa shape index (κ1) is 15.2. The molecule has 1 aromatic carbocycles. The van der Waals surface area contributed by atoms with Crippen LogP contribution in [0.2, 0.25) is 0 Å². The summed E-state index contributed by atoms with van der Waals surface area (Å²) >= 11 is 3.55. The van der Waals surface area contributed by atoms with E-state index in [0.717, 1.165) is 39.5 Å². The van der Waals surface area contributed by atoms with Gasteiger partial charge >= 0.3 is 0 Å². The van der Waals surface area contributed by atoms with Crippen LogP contribution in [-0.2, 0) is 11.2 Å². The van der Waals surface area contributed by atoms with Crippen molar-refractivity contribution in [1.82, 2.24) is 19.7 Å². The number of halogens is 1. The van der Waals surface area contributed by atoms with E-state index >= 15 is 0 Å². The normalized spacial score (nSPS) is 20.5. The molecule has 1 saturated carbocycles. The number of ketones is 1. The highest BCUT2D eigenvalue weighted by Gasteiger charge is 2.37. The highest BCUT2D eigenvalue weighted by atomic mass is 79.9. The number of hydrogen-bond donors (Lipinski definition) is 0. The SMILES string of the molecule is O=C1Cc2ccc(Br)cc2C1c1c2cncnc2nn1C1CCCC1. The van der Waals surface area contributed by atoms with Crippen LogP contribution in [0.5, 0.6) is 0 Å². The molecule has 3 aromatic rings. The van der Waals surface area contributed by atoms with E-state index < -0.39 is 0 Å². The Balaban J connectivity index is 1.76. The molecule has 0 radical (unpaired) electrons. The van der Waals surface area contributed by atoms with Crippen molar-refractivity contribution < 1.29 is 4.79 Å². The van der Waals surface area contributed by atoms with Crippen LogP contribution in [0.1, 0.15) is 54.5 Å². The van der Waals surface area contributed by atoms with Gasteiger partial charge in [0, 0.05) is 17.1 Å². The van der Waals surface area contributed by atoms with Crippen LogP contribution in [0.3, 0.4) is 0 Å². The Kier molecular flexibility index (Phi) is 3.48. The fraction of sp³-hybridized carbons (Fsp3) is 0.368. The zero-order chi connectivity index (χ0) is 17.0. The first-order valence-corrected chi connectivity index (χ1v) is 9.51. The van der Waals surface area contributed by atoms with Crippen LogP contribution in [0.4, 0.5) is 0 Å². The van der Waals surface area contributed by atoms with Gasteiger partial charge in [-0.2, -0.15) is 5.10 Å². The summed E-state index contributed by atoms with van der Waals surface area (Å²) in [7, 11) is 0. The van der Waals surface area contributed by atoms with E-state index in [4.69, 9.17) is 5.10 Å². The summed E-state index contributed by atoms with van der Waals surface area (Å²) in [5.41, 5.74) is 3.86. The first-order valence-electron chi connectivity index (χ1n) is 8.71. The summed E-state index contributed by atoms with van der Waals surface area (Å²) in [4.78, 5) is 21.5. The fourth-order valence-corrected chi connectivity index (χ4v) is 4.72. The first-order chi connectivity index (χ1) is 12.2. The Morgan fingerprint density at radius 2 is 2.04 bits per heavy atom. The van der Waals surface area contributed by atoms with Gasteiger partial charge in [-0.1, -0.05) is 34.8 Å². The molecule has 2 aromatic heterocycles. The third-order valence-corrected chi connectivity index (χ3v) is 5.96. The number of benzene rings is 1. The third kappa shape index (κ3) is 2.34. The number of aromatic nitrogens is 4. The van der Waals surface area contributed by atoms with Gasteiger partial charge in [0.25, 0.3) is 0 Å². The lowest BCUT2D eigenvalue weighted by molar-refractivity contribution is -0.118. The highest BCUT2D eigenvalue weighted by Crippen LogP contribution is 2.42. The maximum atomic E-state index is 13.0. The molecule has 0 N–H and O–H groups in total. The molecule has 25 heavy (non-hydrogen) atoms. The number of rotatable bonds is 2. The van der Waals surface area contributed by atoms with Crippen LogP contribution in [0.15, 0.2) is 35.2 Å². The smallest absolute Gasteiger partial charge is 0.184 e. The van der Waals surface area contributed by atoms with Crippen LogP contribution >= 0.6 is 15.9 Å². The third-order valence-electron chi connectivity index (χ3n) is 5.47. The molecule has 6 heteroatoms. The van der Waals surface area contributed by atoms with Gasteiger partial charge in [0.1, 0.15) is 6.33 Å². The molecular weight excluding hydrogens is 380 g/mol. The van der Waals surface area contributed by atoms with E-state index in [1.807, 2.05) is 12.1 Å². The maximum Gasteiger partial charge on any atom is 0.184 e. The second-order valence-electron chi connectivity index (χ2n) is 6.95. The minimum atomic E-state index is -0.274. The molecule has 126 valence electrons. The van der Waals surface area contributed by atoms with Crippen LogP contribution in [0.25, 0.3) is 11.0 Å². The number of carbonyl (C=O) groups excluding carboxylic acids is 1. The van der Waals surface area contributed by atoms with Crippen molar-refractivity contribution in [2.24, 2.45) is 0 Å². The van der Waals surface area contributed by atoms with Gasteiger partial charge in [-0.25, -0.2) is 9.97 Å². The molecular formula is C19H17BrN4O. The number of hydrogen-bond acceptors (Lipinski definition) is 4. The number of Topliss-reactive ketones (excluding diaryl/α,β-unsaturated/α-hetero) is 1. The lowest BCUT2D eigenvalue weighted by Gasteiger charge is -2.18. The van der Waals surface area contributed by atoms with Crippen molar-refractivity contribution in [2.45, 2.75) is 44.1 Å². The molecule has 1 fully saturated rings. The maximum absolute atomic E-state index is 13.0. The van der Waals surface area contributed by atoms with Gasteiger partial charge in [-0.05, 0) is 36.1 Å². The summed E-state index contributed by atoms with van der Waals surface area (Å²) in [5.74, 6) is -0.0397. The summed E-state index contributed by atoms with van der Waals surface area (Å²) in [6, 6.07) is 6.48. The second kappa shape index (κ2) is 5.73. The van der Waals surface area contributed by atoms with Gasteiger partial charge in [-0.3, -0.25) is 9.48 Å².